The Kier molecular flexibility index (Phi) is 7.20. The number of anilines is 1. The summed E-state index contributed by atoms with van der Waals surface area (Å²) < 4.78 is 12.8. The van der Waals surface area contributed by atoms with Gasteiger partial charge in [0, 0.05) is 45.6 Å². The van der Waals surface area contributed by atoms with Crippen molar-refractivity contribution in [1.82, 2.24) is 4.98 Å². The van der Waals surface area contributed by atoms with Crippen LogP contribution in [0.5, 0.6) is 5.75 Å². The van der Waals surface area contributed by atoms with Gasteiger partial charge in [-0.2, -0.15) is 0 Å². The Morgan fingerprint density at radius 3 is 2.42 bits per heavy atom. The van der Waals surface area contributed by atoms with E-state index >= 15 is 0 Å². The lowest BCUT2D eigenvalue weighted by Crippen LogP contribution is -2.21. The number of ether oxygens (including phenoxy) is 1. The first-order chi connectivity index (χ1) is 17.6. The van der Waals surface area contributed by atoms with Gasteiger partial charge in [0.05, 0.1) is 24.1 Å². The van der Waals surface area contributed by atoms with Gasteiger partial charge in [-0.1, -0.05) is 28.1 Å². The van der Waals surface area contributed by atoms with Gasteiger partial charge in [-0.25, -0.2) is 9.98 Å². The molecule has 0 saturated carbocycles. The van der Waals surface area contributed by atoms with Crippen LogP contribution in [-0.2, 0) is 0 Å². The fourth-order valence-corrected chi connectivity index (χ4v) is 5.15. The number of aromatic nitrogens is 1. The minimum absolute atomic E-state index is 0.529. The Balaban J connectivity index is 1.66. The topological polar surface area (TPSA) is 50.9 Å². The van der Waals surface area contributed by atoms with Gasteiger partial charge in [-0.05, 0) is 68.4 Å². The molecule has 0 fully saturated rings. The largest absolute Gasteiger partial charge is 0.497 e. The second kappa shape index (κ2) is 10.7. The van der Waals surface area contributed by atoms with Crippen LogP contribution in [0.25, 0.3) is 32.8 Å². The molecule has 0 aliphatic rings. The van der Waals surface area contributed by atoms with Crippen LogP contribution in [0.3, 0.4) is 0 Å². The van der Waals surface area contributed by atoms with Crippen molar-refractivity contribution in [3.05, 3.63) is 88.2 Å². The minimum Gasteiger partial charge on any atom is -0.497 e. The second-order valence-electron chi connectivity index (χ2n) is 8.21. The Labute approximate surface area is 222 Å². The number of nitrogens with zero attached hydrogens (tertiary/aromatic N) is 3. The smallest absolute Gasteiger partial charge is 0.230 e. The predicted molar refractivity (Wildman–Crippen MR) is 152 cm³/mol. The number of hydrogen-bond donors (Lipinski definition) is 0. The van der Waals surface area contributed by atoms with Gasteiger partial charge in [0.2, 0.25) is 5.55 Å². The standard InChI is InChI=1S/C29H26BrN3O2S/c1-4-33(5-2)23-13-8-20-16-25(29-32-26(18-36-29)19-6-9-21(30)10-7-19)28(35-27(20)17-23)31-22-11-14-24(34-3)15-12-22/h6-18H,4-5H2,1-3H3. The van der Waals surface area contributed by atoms with Gasteiger partial charge in [-0.3, -0.25) is 0 Å². The fourth-order valence-electron chi connectivity index (χ4n) is 4.05. The zero-order valence-electron chi connectivity index (χ0n) is 20.4. The molecule has 0 spiro atoms. The number of methoxy groups -OCH3 is 1. The molecule has 182 valence electrons. The lowest BCUT2D eigenvalue weighted by Gasteiger charge is -2.21. The highest BCUT2D eigenvalue weighted by molar-refractivity contribution is 9.10. The highest BCUT2D eigenvalue weighted by Crippen LogP contribution is 2.31. The molecule has 36 heavy (non-hydrogen) atoms. The molecule has 0 saturated heterocycles. The van der Waals surface area contributed by atoms with Crippen molar-refractivity contribution < 1.29 is 9.15 Å². The molecule has 0 atom stereocenters. The molecular formula is C29H26BrN3O2S. The van der Waals surface area contributed by atoms with Crippen LogP contribution in [0.1, 0.15) is 13.8 Å². The first-order valence-corrected chi connectivity index (χ1v) is 13.5. The number of benzene rings is 3. The third kappa shape index (κ3) is 5.08. The molecule has 0 aliphatic heterocycles. The molecule has 2 heterocycles. The first-order valence-electron chi connectivity index (χ1n) is 11.8. The molecule has 0 N–H and O–H groups in total. The van der Waals surface area contributed by atoms with Crippen LogP contribution in [0.2, 0.25) is 0 Å². The summed E-state index contributed by atoms with van der Waals surface area (Å²) in [4.78, 5) is 12.1. The summed E-state index contributed by atoms with van der Waals surface area (Å²) in [6.07, 6.45) is 0. The third-order valence-corrected chi connectivity index (χ3v) is 7.44. The normalized spacial score (nSPS) is 11.7. The maximum atomic E-state index is 6.45. The summed E-state index contributed by atoms with van der Waals surface area (Å²) in [6, 6.07) is 24.3. The highest BCUT2D eigenvalue weighted by atomic mass is 79.9. The lowest BCUT2D eigenvalue weighted by atomic mass is 10.1. The predicted octanol–water partition coefficient (Wildman–Crippen LogP) is 8.07. The molecule has 0 radical (unpaired) electrons. The van der Waals surface area contributed by atoms with Crippen LogP contribution in [0.4, 0.5) is 11.4 Å². The molecule has 0 bridgehead atoms. The maximum absolute atomic E-state index is 6.45. The van der Waals surface area contributed by atoms with Crippen LogP contribution in [-0.4, -0.2) is 25.2 Å². The molecule has 0 aliphatic carbocycles. The Bertz CT molecular complexity index is 1550. The van der Waals surface area contributed by atoms with Gasteiger partial charge in [0.1, 0.15) is 16.3 Å². The molecule has 7 heteroatoms. The minimum atomic E-state index is 0.529. The van der Waals surface area contributed by atoms with Gasteiger partial charge in [0.15, 0.2) is 0 Å². The van der Waals surface area contributed by atoms with Gasteiger partial charge < -0.3 is 14.1 Å². The maximum Gasteiger partial charge on any atom is 0.230 e. The van der Waals surface area contributed by atoms with Crippen LogP contribution in [0, 0.1) is 0 Å². The highest BCUT2D eigenvalue weighted by Gasteiger charge is 2.14. The Morgan fingerprint density at radius 2 is 1.72 bits per heavy atom. The SMILES string of the molecule is CCN(CC)c1ccc2cc(-c3nc(-c4ccc(Br)cc4)cs3)c(=Nc3ccc(OC)cc3)oc2c1. The zero-order chi connectivity index (χ0) is 25.1. The van der Waals surface area contributed by atoms with Crippen molar-refractivity contribution in [1.29, 1.82) is 0 Å². The van der Waals surface area contributed by atoms with Crippen molar-refractivity contribution in [2.75, 3.05) is 25.1 Å². The summed E-state index contributed by atoms with van der Waals surface area (Å²) in [5.74, 6) is 0.785. The van der Waals surface area contributed by atoms with E-state index in [-0.39, 0.29) is 0 Å². The molecule has 2 aromatic heterocycles. The van der Waals surface area contributed by atoms with E-state index in [1.807, 2.05) is 36.4 Å². The molecule has 0 amide bonds. The van der Waals surface area contributed by atoms with Gasteiger partial charge >= 0.3 is 0 Å². The third-order valence-electron chi connectivity index (χ3n) is 6.04. The molecular weight excluding hydrogens is 534 g/mol. The molecule has 5 nitrogen and oxygen atoms in total. The number of thiazole rings is 1. The first kappa shape index (κ1) is 24.3. The van der Waals surface area contributed by atoms with E-state index in [4.69, 9.17) is 19.1 Å². The summed E-state index contributed by atoms with van der Waals surface area (Å²) in [6.45, 7) is 6.18. The van der Waals surface area contributed by atoms with E-state index in [0.29, 0.717) is 5.55 Å². The van der Waals surface area contributed by atoms with E-state index in [2.05, 4.69) is 76.5 Å². The van der Waals surface area contributed by atoms with Crippen molar-refractivity contribution in [2.45, 2.75) is 13.8 Å². The number of rotatable bonds is 7. The number of hydrogen-bond acceptors (Lipinski definition) is 6. The van der Waals surface area contributed by atoms with Crippen LogP contribution in [0.15, 0.2) is 92.1 Å². The van der Waals surface area contributed by atoms with Crippen LogP contribution >= 0.6 is 27.3 Å². The Hall–Kier alpha value is -3.42. The number of halogens is 1. The second-order valence-corrected chi connectivity index (χ2v) is 9.99. The molecule has 5 aromatic rings. The summed E-state index contributed by atoms with van der Waals surface area (Å²) >= 11 is 5.09. The van der Waals surface area contributed by atoms with Crippen molar-refractivity contribution >= 4 is 49.6 Å². The summed E-state index contributed by atoms with van der Waals surface area (Å²) in [7, 11) is 1.65. The summed E-state index contributed by atoms with van der Waals surface area (Å²) in [5, 5.41) is 3.94. The molecule has 0 unspecified atom stereocenters. The Morgan fingerprint density at radius 1 is 0.972 bits per heavy atom. The van der Waals surface area contributed by atoms with Gasteiger partial charge in [0.25, 0.3) is 0 Å². The van der Waals surface area contributed by atoms with E-state index in [0.717, 1.165) is 67.5 Å². The van der Waals surface area contributed by atoms with E-state index < -0.39 is 0 Å². The quantitative estimate of drug-likeness (QED) is 0.202. The van der Waals surface area contributed by atoms with E-state index in [1.165, 1.54) is 0 Å². The fraction of sp³-hybridized carbons (Fsp3) is 0.172. The average molecular weight is 561 g/mol. The van der Waals surface area contributed by atoms with E-state index in [9.17, 15) is 0 Å². The van der Waals surface area contributed by atoms with E-state index in [1.54, 1.807) is 18.4 Å². The lowest BCUT2D eigenvalue weighted by molar-refractivity contribution is 0.415. The van der Waals surface area contributed by atoms with Gasteiger partial charge in [-0.15, -0.1) is 11.3 Å². The van der Waals surface area contributed by atoms with Crippen molar-refractivity contribution in [3.63, 3.8) is 0 Å². The summed E-state index contributed by atoms with van der Waals surface area (Å²) in [5.41, 5.74) is 6.09. The van der Waals surface area contributed by atoms with Crippen molar-refractivity contribution in [3.8, 4) is 27.6 Å². The molecule has 5 rings (SSSR count). The zero-order valence-corrected chi connectivity index (χ0v) is 22.8. The van der Waals surface area contributed by atoms with Crippen LogP contribution < -0.4 is 15.2 Å². The number of fused-ring (bicyclic) bond motifs is 1. The average Bonchev–Trinajstić information content (AvgIpc) is 3.40. The van der Waals surface area contributed by atoms with Crippen molar-refractivity contribution in [2.24, 2.45) is 4.99 Å². The molecule has 3 aromatic carbocycles. The monoisotopic (exact) mass is 559 g/mol.